The van der Waals surface area contributed by atoms with E-state index in [2.05, 4.69) is 29.2 Å². The summed E-state index contributed by atoms with van der Waals surface area (Å²) in [5.74, 6) is 0.242. The zero-order valence-corrected chi connectivity index (χ0v) is 14.3. The number of amides is 1. The zero-order valence-electron chi connectivity index (χ0n) is 14.3. The number of carbonyl (C=O) groups is 1. The molecule has 5 rings (SSSR count). The van der Waals surface area contributed by atoms with Gasteiger partial charge < -0.3 is 4.90 Å². The molecule has 2 unspecified atom stereocenters. The Morgan fingerprint density at radius 1 is 0.960 bits per heavy atom. The summed E-state index contributed by atoms with van der Waals surface area (Å²) in [6.07, 6.45) is 2.33. The van der Waals surface area contributed by atoms with Crippen LogP contribution in [-0.4, -0.2) is 41.4 Å². The first-order valence-corrected chi connectivity index (χ1v) is 9.02. The molecule has 25 heavy (non-hydrogen) atoms. The van der Waals surface area contributed by atoms with Gasteiger partial charge in [0.2, 0.25) is 0 Å². The van der Waals surface area contributed by atoms with Gasteiger partial charge in [-0.3, -0.25) is 9.69 Å². The van der Waals surface area contributed by atoms with Crippen LogP contribution in [-0.2, 0) is 6.54 Å². The van der Waals surface area contributed by atoms with Crippen molar-refractivity contribution in [2.75, 3.05) is 19.6 Å². The van der Waals surface area contributed by atoms with Crippen LogP contribution in [0, 0.1) is 11.7 Å². The van der Waals surface area contributed by atoms with Gasteiger partial charge in [0.15, 0.2) is 0 Å². The summed E-state index contributed by atoms with van der Waals surface area (Å²) in [6, 6.07) is 16.8. The van der Waals surface area contributed by atoms with E-state index in [4.69, 9.17) is 0 Å². The third kappa shape index (κ3) is 3.59. The van der Waals surface area contributed by atoms with Gasteiger partial charge in [-0.15, -0.1) is 0 Å². The molecule has 2 atom stereocenters. The maximum Gasteiger partial charge on any atom is 0.253 e. The minimum absolute atomic E-state index is 0.0264. The summed E-state index contributed by atoms with van der Waals surface area (Å²) in [4.78, 5) is 17.3. The quantitative estimate of drug-likeness (QED) is 0.854. The van der Waals surface area contributed by atoms with Crippen LogP contribution in [0.3, 0.4) is 0 Å². The second kappa shape index (κ2) is 6.96. The summed E-state index contributed by atoms with van der Waals surface area (Å²) in [6.45, 7) is 3.56. The molecule has 3 nitrogen and oxygen atoms in total. The first-order chi connectivity index (χ1) is 12.2. The van der Waals surface area contributed by atoms with Crippen molar-refractivity contribution in [3.8, 4) is 0 Å². The molecule has 0 aliphatic carbocycles. The highest BCUT2D eigenvalue weighted by molar-refractivity contribution is 5.94. The maximum absolute atomic E-state index is 13.1. The van der Waals surface area contributed by atoms with Crippen LogP contribution in [0.15, 0.2) is 54.6 Å². The van der Waals surface area contributed by atoms with Crippen LogP contribution >= 0.6 is 0 Å². The molecule has 3 aliphatic heterocycles. The van der Waals surface area contributed by atoms with Crippen molar-refractivity contribution < 1.29 is 9.18 Å². The molecule has 4 heteroatoms. The van der Waals surface area contributed by atoms with E-state index < -0.39 is 0 Å². The monoisotopic (exact) mass is 338 g/mol. The summed E-state index contributed by atoms with van der Waals surface area (Å²) in [5.41, 5.74) is 1.91. The molecule has 130 valence electrons. The van der Waals surface area contributed by atoms with Crippen molar-refractivity contribution in [1.82, 2.24) is 9.80 Å². The van der Waals surface area contributed by atoms with E-state index in [9.17, 15) is 9.18 Å². The Balaban J connectivity index is 1.49. The zero-order chi connectivity index (χ0) is 17.2. The molecule has 3 saturated heterocycles. The Morgan fingerprint density at radius 3 is 2.48 bits per heavy atom. The number of hydrogen-bond acceptors (Lipinski definition) is 2. The summed E-state index contributed by atoms with van der Waals surface area (Å²) in [5, 5.41) is 0. The normalized spacial score (nSPS) is 23.5. The Morgan fingerprint density at radius 2 is 1.72 bits per heavy atom. The third-order valence-corrected chi connectivity index (χ3v) is 5.43. The van der Waals surface area contributed by atoms with Gasteiger partial charge in [0.25, 0.3) is 5.91 Å². The SMILES string of the molecule is O=C(c1ccc(F)cc1)N1CC2CCC(C1)N(Cc1ccccc1)C2. The fraction of sp³-hybridized carbons (Fsp3) is 0.381. The van der Waals surface area contributed by atoms with E-state index >= 15 is 0 Å². The van der Waals surface area contributed by atoms with Crippen LogP contribution in [0.1, 0.15) is 28.8 Å². The van der Waals surface area contributed by atoms with Crippen LogP contribution in [0.2, 0.25) is 0 Å². The molecule has 2 aromatic rings. The van der Waals surface area contributed by atoms with Crippen molar-refractivity contribution in [1.29, 1.82) is 0 Å². The van der Waals surface area contributed by atoms with Gasteiger partial charge in [-0.1, -0.05) is 30.3 Å². The summed E-state index contributed by atoms with van der Waals surface area (Å²) in [7, 11) is 0. The summed E-state index contributed by atoms with van der Waals surface area (Å²) >= 11 is 0. The lowest BCUT2D eigenvalue weighted by Gasteiger charge is -2.36. The molecule has 2 aromatic carbocycles. The average molecular weight is 338 g/mol. The van der Waals surface area contributed by atoms with Crippen LogP contribution < -0.4 is 0 Å². The van der Waals surface area contributed by atoms with E-state index in [1.807, 2.05) is 11.0 Å². The molecular formula is C21H23FN2O. The molecule has 0 spiro atoms. The van der Waals surface area contributed by atoms with E-state index in [0.717, 1.165) is 32.6 Å². The van der Waals surface area contributed by atoms with Gasteiger partial charge in [0.05, 0.1) is 0 Å². The number of benzene rings is 2. The maximum atomic E-state index is 13.1. The Labute approximate surface area is 148 Å². The van der Waals surface area contributed by atoms with Crippen molar-refractivity contribution in [2.24, 2.45) is 5.92 Å². The number of nitrogens with zero attached hydrogens (tertiary/aromatic N) is 2. The van der Waals surface area contributed by atoms with Gasteiger partial charge in [0, 0.05) is 37.8 Å². The minimum Gasteiger partial charge on any atom is -0.337 e. The number of hydrogen-bond donors (Lipinski definition) is 0. The topological polar surface area (TPSA) is 23.6 Å². The number of rotatable bonds is 3. The lowest BCUT2D eigenvalue weighted by Crippen LogP contribution is -2.43. The Bertz CT molecular complexity index is 731. The predicted molar refractivity (Wildman–Crippen MR) is 95.7 cm³/mol. The third-order valence-electron chi connectivity index (χ3n) is 5.43. The second-order valence-electron chi connectivity index (χ2n) is 7.23. The fourth-order valence-corrected chi connectivity index (χ4v) is 4.13. The molecule has 3 aliphatic rings. The number of piperidine rings is 1. The second-order valence-corrected chi connectivity index (χ2v) is 7.23. The number of carbonyl (C=O) groups excluding carboxylic acids is 1. The van der Waals surface area contributed by atoms with Gasteiger partial charge >= 0.3 is 0 Å². The molecule has 2 bridgehead atoms. The highest BCUT2D eigenvalue weighted by Crippen LogP contribution is 2.30. The van der Waals surface area contributed by atoms with Crippen molar-refractivity contribution in [2.45, 2.75) is 25.4 Å². The molecule has 0 N–H and O–H groups in total. The highest BCUT2D eigenvalue weighted by Gasteiger charge is 2.36. The predicted octanol–water partition coefficient (Wildman–Crippen LogP) is 3.56. The van der Waals surface area contributed by atoms with Crippen LogP contribution in [0.5, 0.6) is 0 Å². The molecule has 0 aromatic heterocycles. The standard InChI is InChI=1S/C21H23FN2O/c22-19-9-7-18(8-10-19)21(25)24-14-17-6-11-20(15-24)23(13-17)12-16-4-2-1-3-5-16/h1-5,7-10,17,20H,6,11-15H2. The van der Waals surface area contributed by atoms with Crippen molar-refractivity contribution in [3.05, 3.63) is 71.5 Å². The molecule has 0 saturated carbocycles. The largest absolute Gasteiger partial charge is 0.337 e. The van der Waals surface area contributed by atoms with Gasteiger partial charge in [-0.05, 0) is 48.6 Å². The Hall–Kier alpha value is -2.20. The van der Waals surface area contributed by atoms with E-state index in [0.29, 0.717) is 17.5 Å². The van der Waals surface area contributed by atoms with Crippen molar-refractivity contribution >= 4 is 5.91 Å². The molecule has 3 fully saturated rings. The lowest BCUT2D eigenvalue weighted by molar-refractivity contribution is 0.0736. The minimum atomic E-state index is -0.304. The van der Waals surface area contributed by atoms with Gasteiger partial charge in [-0.2, -0.15) is 0 Å². The van der Waals surface area contributed by atoms with E-state index in [1.54, 1.807) is 12.1 Å². The van der Waals surface area contributed by atoms with Crippen LogP contribution in [0.25, 0.3) is 0 Å². The van der Waals surface area contributed by atoms with Crippen LogP contribution in [0.4, 0.5) is 4.39 Å². The molecular weight excluding hydrogens is 315 g/mol. The van der Waals surface area contributed by atoms with E-state index in [-0.39, 0.29) is 11.7 Å². The summed E-state index contributed by atoms with van der Waals surface area (Å²) < 4.78 is 13.1. The number of fused-ring (bicyclic) bond motifs is 4. The van der Waals surface area contributed by atoms with Gasteiger partial charge in [0.1, 0.15) is 5.82 Å². The van der Waals surface area contributed by atoms with E-state index in [1.165, 1.54) is 24.1 Å². The van der Waals surface area contributed by atoms with Crippen molar-refractivity contribution in [3.63, 3.8) is 0 Å². The first kappa shape index (κ1) is 16.3. The highest BCUT2D eigenvalue weighted by atomic mass is 19.1. The molecule has 0 radical (unpaired) electrons. The first-order valence-electron chi connectivity index (χ1n) is 9.02. The van der Waals surface area contributed by atoms with Gasteiger partial charge in [-0.25, -0.2) is 4.39 Å². The fourth-order valence-electron chi connectivity index (χ4n) is 4.13. The molecule has 1 amide bonds. The average Bonchev–Trinajstić information content (AvgIpc) is 2.94. The lowest BCUT2D eigenvalue weighted by atomic mass is 9.94. The molecule has 3 heterocycles. The number of halogens is 1. The smallest absolute Gasteiger partial charge is 0.253 e. The Kier molecular flexibility index (Phi) is 4.53.